The highest BCUT2D eigenvalue weighted by atomic mass is 35.5. The van der Waals surface area contributed by atoms with Gasteiger partial charge in [0, 0.05) is 6.54 Å². The Morgan fingerprint density at radius 1 is 1.33 bits per heavy atom. The third-order valence-electron chi connectivity index (χ3n) is 2.66. The second-order valence-corrected chi connectivity index (χ2v) is 3.52. The molecule has 1 aromatic carbocycles. The van der Waals surface area contributed by atoms with Crippen LogP contribution in [0.2, 0.25) is 0 Å². The predicted molar refractivity (Wildman–Crippen MR) is 65.3 cm³/mol. The SMILES string of the molecule is CC(c1ccccc1)N1CCN=C1N.Cl. The van der Waals surface area contributed by atoms with E-state index >= 15 is 0 Å². The molecule has 0 bridgehead atoms. The van der Waals surface area contributed by atoms with Crippen LogP contribution < -0.4 is 5.73 Å². The molecule has 0 fully saturated rings. The average Bonchev–Trinajstić information content (AvgIpc) is 2.65. The predicted octanol–water partition coefficient (Wildman–Crippen LogP) is 1.80. The normalized spacial score (nSPS) is 16.9. The largest absolute Gasteiger partial charge is 0.370 e. The number of hydrogen-bond acceptors (Lipinski definition) is 3. The highest BCUT2D eigenvalue weighted by Gasteiger charge is 2.20. The Balaban J connectivity index is 0.00000112. The topological polar surface area (TPSA) is 41.6 Å². The zero-order valence-corrected chi connectivity index (χ0v) is 9.57. The van der Waals surface area contributed by atoms with E-state index < -0.39 is 0 Å². The minimum atomic E-state index is 0. The van der Waals surface area contributed by atoms with Crippen molar-refractivity contribution >= 4 is 18.4 Å². The first-order chi connectivity index (χ1) is 6.79. The van der Waals surface area contributed by atoms with E-state index in [1.54, 1.807) is 0 Å². The van der Waals surface area contributed by atoms with Gasteiger partial charge in [-0.15, -0.1) is 12.4 Å². The van der Waals surface area contributed by atoms with Crippen LogP contribution >= 0.6 is 12.4 Å². The van der Waals surface area contributed by atoms with Crippen molar-refractivity contribution in [3.8, 4) is 0 Å². The molecular formula is C11H16ClN3. The summed E-state index contributed by atoms with van der Waals surface area (Å²) in [6, 6.07) is 10.7. The quantitative estimate of drug-likeness (QED) is 0.834. The summed E-state index contributed by atoms with van der Waals surface area (Å²) in [6.07, 6.45) is 0. The fraction of sp³-hybridized carbons (Fsp3) is 0.364. The van der Waals surface area contributed by atoms with Crippen LogP contribution in [0.25, 0.3) is 0 Å². The number of benzene rings is 1. The van der Waals surface area contributed by atoms with Crippen LogP contribution in [-0.2, 0) is 0 Å². The van der Waals surface area contributed by atoms with Crippen LogP contribution in [-0.4, -0.2) is 23.9 Å². The van der Waals surface area contributed by atoms with Gasteiger partial charge < -0.3 is 10.6 Å². The van der Waals surface area contributed by atoms with Gasteiger partial charge in [0.2, 0.25) is 0 Å². The zero-order valence-electron chi connectivity index (χ0n) is 8.76. The number of guanidine groups is 1. The summed E-state index contributed by atoms with van der Waals surface area (Å²) in [5.41, 5.74) is 7.08. The van der Waals surface area contributed by atoms with Crippen molar-refractivity contribution in [3.05, 3.63) is 35.9 Å². The fourth-order valence-corrected chi connectivity index (χ4v) is 1.78. The first-order valence-electron chi connectivity index (χ1n) is 4.90. The number of halogens is 1. The Labute approximate surface area is 96.4 Å². The number of nitrogens with two attached hydrogens (primary N) is 1. The molecule has 0 spiro atoms. The van der Waals surface area contributed by atoms with Gasteiger partial charge in [0.15, 0.2) is 5.96 Å². The minimum absolute atomic E-state index is 0. The molecule has 2 rings (SSSR count). The monoisotopic (exact) mass is 225 g/mol. The number of nitrogens with zero attached hydrogens (tertiary/aromatic N) is 2. The van der Waals surface area contributed by atoms with Crippen LogP contribution in [0.4, 0.5) is 0 Å². The summed E-state index contributed by atoms with van der Waals surface area (Å²) in [5.74, 6) is 0.668. The van der Waals surface area contributed by atoms with E-state index in [2.05, 4.69) is 41.1 Å². The maximum absolute atomic E-state index is 5.79. The number of hydrogen-bond donors (Lipinski definition) is 1. The highest BCUT2D eigenvalue weighted by molar-refractivity contribution is 5.85. The van der Waals surface area contributed by atoms with Crippen LogP contribution in [0.1, 0.15) is 18.5 Å². The first-order valence-corrected chi connectivity index (χ1v) is 4.90. The third kappa shape index (κ3) is 2.42. The molecule has 4 heteroatoms. The van der Waals surface area contributed by atoms with E-state index in [0.717, 1.165) is 13.1 Å². The molecular weight excluding hydrogens is 210 g/mol. The second-order valence-electron chi connectivity index (χ2n) is 3.52. The summed E-state index contributed by atoms with van der Waals surface area (Å²) >= 11 is 0. The minimum Gasteiger partial charge on any atom is -0.370 e. The maximum atomic E-state index is 5.79. The molecule has 1 aromatic rings. The van der Waals surface area contributed by atoms with Crippen LogP contribution in [0.15, 0.2) is 35.3 Å². The first kappa shape index (κ1) is 11.9. The third-order valence-corrected chi connectivity index (χ3v) is 2.66. The Morgan fingerprint density at radius 3 is 2.53 bits per heavy atom. The lowest BCUT2D eigenvalue weighted by Crippen LogP contribution is -2.35. The molecule has 0 aliphatic carbocycles. The summed E-state index contributed by atoms with van der Waals surface area (Å²) < 4.78 is 0. The molecule has 1 heterocycles. The van der Waals surface area contributed by atoms with Gasteiger partial charge in [-0.3, -0.25) is 4.99 Å². The van der Waals surface area contributed by atoms with Crippen molar-refractivity contribution in [2.75, 3.05) is 13.1 Å². The molecule has 1 aliphatic heterocycles. The van der Waals surface area contributed by atoms with Gasteiger partial charge in [0.1, 0.15) is 0 Å². The van der Waals surface area contributed by atoms with Crippen LogP contribution in [0, 0.1) is 0 Å². The zero-order chi connectivity index (χ0) is 9.97. The molecule has 0 radical (unpaired) electrons. The van der Waals surface area contributed by atoms with Gasteiger partial charge in [-0.25, -0.2) is 0 Å². The molecule has 15 heavy (non-hydrogen) atoms. The van der Waals surface area contributed by atoms with Gasteiger partial charge in [-0.2, -0.15) is 0 Å². The molecule has 0 saturated heterocycles. The van der Waals surface area contributed by atoms with Crippen LogP contribution in [0.3, 0.4) is 0 Å². The molecule has 0 saturated carbocycles. The van der Waals surface area contributed by atoms with E-state index in [-0.39, 0.29) is 12.4 Å². The fourth-order valence-electron chi connectivity index (χ4n) is 1.78. The maximum Gasteiger partial charge on any atom is 0.191 e. The number of rotatable bonds is 2. The second kappa shape index (κ2) is 5.03. The highest BCUT2D eigenvalue weighted by Crippen LogP contribution is 2.20. The molecule has 3 nitrogen and oxygen atoms in total. The van der Waals surface area contributed by atoms with E-state index in [1.807, 2.05) is 6.07 Å². The molecule has 82 valence electrons. The van der Waals surface area contributed by atoms with Crippen molar-refractivity contribution in [2.45, 2.75) is 13.0 Å². The smallest absolute Gasteiger partial charge is 0.191 e. The van der Waals surface area contributed by atoms with Gasteiger partial charge >= 0.3 is 0 Å². The summed E-state index contributed by atoms with van der Waals surface area (Å²) in [4.78, 5) is 6.32. The lowest BCUT2D eigenvalue weighted by Gasteiger charge is -2.25. The van der Waals surface area contributed by atoms with Gasteiger partial charge in [-0.1, -0.05) is 30.3 Å². The van der Waals surface area contributed by atoms with Crippen LogP contribution in [0.5, 0.6) is 0 Å². The summed E-state index contributed by atoms with van der Waals surface area (Å²) in [7, 11) is 0. The van der Waals surface area contributed by atoms with Crippen molar-refractivity contribution in [1.29, 1.82) is 0 Å². The Bertz CT molecular complexity index is 337. The molecule has 1 unspecified atom stereocenters. The standard InChI is InChI=1S/C11H15N3.ClH/c1-9(10-5-3-2-4-6-10)14-8-7-13-11(14)12;/h2-6,9H,7-8H2,1H3,(H2,12,13);1H. The van der Waals surface area contributed by atoms with E-state index in [9.17, 15) is 0 Å². The Hall–Kier alpha value is -1.22. The molecule has 1 aliphatic rings. The van der Waals surface area contributed by atoms with Crippen molar-refractivity contribution in [3.63, 3.8) is 0 Å². The molecule has 2 N–H and O–H groups in total. The molecule has 0 aromatic heterocycles. The lowest BCUT2D eigenvalue weighted by atomic mass is 10.1. The van der Waals surface area contributed by atoms with Gasteiger partial charge in [0.25, 0.3) is 0 Å². The van der Waals surface area contributed by atoms with Gasteiger partial charge in [-0.05, 0) is 12.5 Å². The van der Waals surface area contributed by atoms with Gasteiger partial charge in [0.05, 0.1) is 12.6 Å². The van der Waals surface area contributed by atoms with Crippen molar-refractivity contribution in [1.82, 2.24) is 4.90 Å². The van der Waals surface area contributed by atoms with Crippen molar-refractivity contribution in [2.24, 2.45) is 10.7 Å². The van der Waals surface area contributed by atoms with Crippen molar-refractivity contribution < 1.29 is 0 Å². The number of aliphatic imine (C=N–C) groups is 1. The van der Waals surface area contributed by atoms with E-state index in [0.29, 0.717) is 12.0 Å². The van der Waals surface area contributed by atoms with E-state index in [4.69, 9.17) is 5.73 Å². The average molecular weight is 226 g/mol. The molecule has 1 atom stereocenters. The summed E-state index contributed by atoms with van der Waals surface area (Å²) in [5, 5.41) is 0. The lowest BCUT2D eigenvalue weighted by molar-refractivity contribution is 0.363. The molecule has 0 amide bonds. The summed E-state index contributed by atoms with van der Waals surface area (Å²) in [6.45, 7) is 3.91. The van der Waals surface area contributed by atoms with E-state index in [1.165, 1.54) is 5.56 Å². The Kier molecular flexibility index (Phi) is 3.97. The Morgan fingerprint density at radius 2 is 2.00 bits per heavy atom.